The zero-order valence-corrected chi connectivity index (χ0v) is 16.3. The normalized spacial score (nSPS) is 27.4. The molecule has 1 aromatic rings. The van der Waals surface area contributed by atoms with E-state index in [1.54, 1.807) is 12.1 Å². The van der Waals surface area contributed by atoms with Crippen LogP contribution in [0.3, 0.4) is 0 Å². The first kappa shape index (κ1) is 19.3. The average Bonchev–Trinajstić information content (AvgIpc) is 2.92. The summed E-state index contributed by atoms with van der Waals surface area (Å²) in [5, 5.41) is -0.986. The molecule has 2 fully saturated rings. The molecule has 0 aliphatic carbocycles. The van der Waals surface area contributed by atoms with Gasteiger partial charge in [-0.3, -0.25) is 9.69 Å². The fourth-order valence-electron chi connectivity index (χ4n) is 3.85. The third-order valence-electron chi connectivity index (χ3n) is 5.42. The molecule has 2 atom stereocenters. The van der Waals surface area contributed by atoms with Gasteiger partial charge in [-0.05, 0) is 45.0 Å². The van der Waals surface area contributed by atoms with Crippen LogP contribution in [0.5, 0.6) is 0 Å². The Morgan fingerprint density at radius 2 is 1.69 bits per heavy atom. The van der Waals surface area contributed by atoms with Crippen LogP contribution in [0, 0.1) is 12.8 Å². The Kier molecular flexibility index (Phi) is 5.15. The molecule has 0 aromatic heterocycles. The lowest BCUT2D eigenvalue weighted by atomic mass is 9.95. The minimum absolute atomic E-state index is 0.155. The van der Waals surface area contributed by atoms with Gasteiger partial charge in [0.1, 0.15) is 0 Å². The third-order valence-corrected chi connectivity index (χ3v) is 9.56. The van der Waals surface area contributed by atoms with E-state index in [4.69, 9.17) is 5.73 Å². The number of primary amides is 1. The topological polar surface area (TPSA) is 115 Å². The van der Waals surface area contributed by atoms with Crippen molar-refractivity contribution in [2.75, 3.05) is 24.6 Å². The van der Waals surface area contributed by atoms with Gasteiger partial charge in [0.15, 0.2) is 19.7 Å². The molecule has 0 bridgehead atoms. The van der Waals surface area contributed by atoms with E-state index in [1.165, 1.54) is 12.1 Å². The van der Waals surface area contributed by atoms with Gasteiger partial charge in [0.25, 0.3) is 0 Å². The zero-order valence-electron chi connectivity index (χ0n) is 14.7. The van der Waals surface area contributed by atoms with Crippen LogP contribution in [-0.2, 0) is 24.5 Å². The van der Waals surface area contributed by atoms with Gasteiger partial charge in [-0.15, -0.1) is 0 Å². The maximum absolute atomic E-state index is 13.1. The van der Waals surface area contributed by atoms with E-state index in [1.807, 2.05) is 11.8 Å². The number of sulfone groups is 2. The first-order chi connectivity index (χ1) is 12.1. The largest absolute Gasteiger partial charge is 0.369 e. The maximum atomic E-state index is 13.1. The number of likely N-dealkylation sites (tertiary alicyclic amines) is 1. The second-order valence-electron chi connectivity index (χ2n) is 7.25. The van der Waals surface area contributed by atoms with Crippen LogP contribution in [0.4, 0.5) is 0 Å². The van der Waals surface area contributed by atoms with Crippen molar-refractivity contribution in [2.24, 2.45) is 11.7 Å². The summed E-state index contributed by atoms with van der Waals surface area (Å²) in [6, 6.07) is 5.91. The van der Waals surface area contributed by atoms with Gasteiger partial charge in [-0.2, -0.15) is 0 Å². The van der Waals surface area contributed by atoms with Crippen molar-refractivity contribution in [3.63, 3.8) is 0 Å². The van der Waals surface area contributed by atoms with Crippen LogP contribution in [-0.4, -0.2) is 63.5 Å². The van der Waals surface area contributed by atoms with Crippen LogP contribution < -0.4 is 5.73 Å². The Labute approximate surface area is 154 Å². The lowest BCUT2D eigenvalue weighted by molar-refractivity contribution is -0.123. The Morgan fingerprint density at radius 3 is 2.23 bits per heavy atom. The quantitative estimate of drug-likeness (QED) is 0.768. The molecule has 0 radical (unpaired) electrons. The fourth-order valence-corrected chi connectivity index (χ4v) is 8.68. The first-order valence-electron chi connectivity index (χ1n) is 8.64. The second kappa shape index (κ2) is 6.94. The van der Waals surface area contributed by atoms with Crippen molar-refractivity contribution in [2.45, 2.75) is 36.0 Å². The van der Waals surface area contributed by atoms with E-state index >= 15 is 0 Å². The first-order valence-corrected chi connectivity index (χ1v) is 12.0. The summed E-state index contributed by atoms with van der Waals surface area (Å²) in [6.45, 7) is 2.82. The van der Waals surface area contributed by atoms with Crippen LogP contribution in [0.2, 0.25) is 0 Å². The second-order valence-corrected chi connectivity index (χ2v) is 11.6. The number of aryl methyl sites for hydroxylation is 1. The molecule has 26 heavy (non-hydrogen) atoms. The third kappa shape index (κ3) is 3.79. The number of nitrogens with two attached hydrogens (primary N) is 1. The highest BCUT2D eigenvalue weighted by Crippen LogP contribution is 2.31. The molecule has 144 valence electrons. The highest BCUT2D eigenvalue weighted by Gasteiger charge is 2.48. The highest BCUT2D eigenvalue weighted by molar-refractivity contribution is 7.96. The molecule has 0 saturated carbocycles. The van der Waals surface area contributed by atoms with Gasteiger partial charge in [-0.1, -0.05) is 17.7 Å². The molecule has 2 heterocycles. The predicted molar refractivity (Wildman–Crippen MR) is 98.1 cm³/mol. The number of benzene rings is 1. The van der Waals surface area contributed by atoms with E-state index in [0.717, 1.165) is 5.56 Å². The molecule has 3 rings (SSSR count). The van der Waals surface area contributed by atoms with Crippen molar-refractivity contribution in [1.82, 2.24) is 4.90 Å². The number of carbonyl (C=O) groups excluding carboxylic acids is 1. The molecule has 1 aromatic carbocycles. The van der Waals surface area contributed by atoms with Crippen molar-refractivity contribution in [3.05, 3.63) is 29.8 Å². The summed E-state index contributed by atoms with van der Waals surface area (Å²) in [5.74, 6) is -1.10. The van der Waals surface area contributed by atoms with Gasteiger partial charge in [0.2, 0.25) is 5.91 Å². The van der Waals surface area contributed by atoms with E-state index < -0.39 is 31.0 Å². The van der Waals surface area contributed by atoms with Crippen LogP contribution in [0.25, 0.3) is 0 Å². The van der Waals surface area contributed by atoms with Gasteiger partial charge in [-0.25, -0.2) is 16.8 Å². The van der Waals surface area contributed by atoms with E-state index in [-0.39, 0.29) is 28.2 Å². The standard InChI is InChI=1S/C17H24N2O5S2/c1-12-2-4-14(5-3-12)26(23,24)16-11-25(21,22)10-15(16)19-8-6-13(7-9-19)17(18)20/h2-5,13,15-16H,6-11H2,1H3,(H2,18,20)/t15-,16-/m1/s1. The predicted octanol–water partition coefficient (Wildman–Crippen LogP) is 0.132. The van der Waals surface area contributed by atoms with Crippen molar-refractivity contribution >= 4 is 25.6 Å². The number of hydrogen-bond acceptors (Lipinski definition) is 6. The number of rotatable bonds is 4. The fraction of sp³-hybridized carbons (Fsp3) is 0.588. The SMILES string of the molecule is Cc1ccc(S(=O)(=O)[C@@H]2CS(=O)(=O)C[C@H]2N2CCC(C(N)=O)CC2)cc1. The summed E-state index contributed by atoms with van der Waals surface area (Å²) in [4.78, 5) is 13.4. The molecular weight excluding hydrogens is 376 g/mol. The summed E-state index contributed by atoms with van der Waals surface area (Å²) < 4.78 is 50.7. The summed E-state index contributed by atoms with van der Waals surface area (Å²) >= 11 is 0. The number of hydrogen-bond donors (Lipinski definition) is 1. The van der Waals surface area contributed by atoms with E-state index in [9.17, 15) is 21.6 Å². The van der Waals surface area contributed by atoms with E-state index in [2.05, 4.69) is 0 Å². The maximum Gasteiger partial charge on any atom is 0.220 e. The summed E-state index contributed by atoms with van der Waals surface area (Å²) in [7, 11) is -7.20. The minimum Gasteiger partial charge on any atom is -0.369 e. The van der Waals surface area contributed by atoms with Crippen molar-refractivity contribution in [1.29, 1.82) is 0 Å². The zero-order chi connectivity index (χ0) is 19.1. The lowest BCUT2D eigenvalue weighted by Gasteiger charge is -2.36. The highest BCUT2D eigenvalue weighted by atomic mass is 32.2. The molecule has 7 nitrogen and oxygen atoms in total. The van der Waals surface area contributed by atoms with Gasteiger partial charge in [0.05, 0.1) is 21.7 Å². The molecule has 2 aliphatic heterocycles. The average molecular weight is 401 g/mol. The summed E-state index contributed by atoms with van der Waals surface area (Å²) in [6.07, 6.45) is 1.06. The lowest BCUT2D eigenvalue weighted by Crippen LogP contribution is -2.50. The minimum atomic E-state index is -3.77. The number of carbonyl (C=O) groups is 1. The van der Waals surface area contributed by atoms with E-state index in [0.29, 0.717) is 25.9 Å². The number of amides is 1. The number of nitrogens with zero attached hydrogens (tertiary/aromatic N) is 1. The molecule has 2 aliphatic rings. The van der Waals surface area contributed by atoms with Crippen LogP contribution in [0.15, 0.2) is 29.2 Å². The Bertz CT molecular complexity index is 886. The van der Waals surface area contributed by atoms with Crippen LogP contribution >= 0.6 is 0 Å². The smallest absolute Gasteiger partial charge is 0.220 e. The molecule has 2 saturated heterocycles. The molecule has 9 heteroatoms. The molecule has 0 unspecified atom stereocenters. The Hall–Kier alpha value is -1.45. The Balaban J connectivity index is 1.87. The van der Waals surface area contributed by atoms with Gasteiger partial charge in [0, 0.05) is 12.0 Å². The van der Waals surface area contributed by atoms with Crippen molar-refractivity contribution in [3.8, 4) is 0 Å². The summed E-state index contributed by atoms with van der Waals surface area (Å²) in [5.41, 5.74) is 6.28. The molecule has 0 spiro atoms. The molecule has 1 amide bonds. The van der Waals surface area contributed by atoms with Crippen molar-refractivity contribution < 1.29 is 21.6 Å². The number of piperidine rings is 1. The Morgan fingerprint density at radius 1 is 1.12 bits per heavy atom. The van der Waals surface area contributed by atoms with Gasteiger partial charge >= 0.3 is 0 Å². The molecular formula is C17H24N2O5S2. The van der Waals surface area contributed by atoms with Gasteiger partial charge < -0.3 is 5.73 Å². The monoisotopic (exact) mass is 400 g/mol. The van der Waals surface area contributed by atoms with Crippen LogP contribution in [0.1, 0.15) is 18.4 Å². The molecule has 2 N–H and O–H groups in total.